The maximum atomic E-state index is 12.8. The first-order valence-electron chi connectivity index (χ1n) is 4.86. The minimum Gasteiger partial charge on any atom is -0.487 e. The molecule has 0 aromatic heterocycles. The molecule has 1 rings (SSSR count). The Morgan fingerprint density at radius 3 is 2.60 bits per heavy atom. The average Bonchev–Trinajstić information content (AvgIpc) is 2.16. The van der Waals surface area contributed by atoms with Crippen molar-refractivity contribution >= 4 is 11.6 Å². The fourth-order valence-electron chi connectivity index (χ4n) is 1.19. The molecule has 0 saturated heterocycles. The van der Waals surface area contributed by atoms with E-state index in [9.17, 15) is 4.39 Å². The minimum atomic E-state index is -0.374. The third kappa shape index (κ3) is 3.36. The predicted octanol–water partition coefficient (Wildman–Crippen LogP) is 2.84. The van der Waals surface area contributed by atoms with Gasteiger partial charge in [-0.1, -0.05) is 25.4 Å². The monoisotopic (exact) mass is 231 g/mol. The van der Waals surface area contributed by atoms with Gasteiger partial charge in [0.1, 0.15) is 17.7 Å². The summed E-state index contributed by atoms with van der Waals surface area (Å²) in [5, 5.41) is 0.272. The quantitative estimate of drug-likeness (QED) is 0.865. The third-order valence-electron chi connectivity index (χ3n) is 2.15. The maximum absolute atomic E-state index is 12.8. The summed E-state index contributed by atoms with van der Waals surface area (Å²) in [4.78, 5) is 0. The molecule has 0 amide bonds. The van der Waals surface area contributed by atoms with Crippen molar-refractivity contribution in [3.05, 3.63) is 29.0 Å². The largest absolute Gasteiger partial charge is 0.487 e. The van der Waals surface area contributed by atoms with Gasteiger partial charge in [0.05, 0.1) is 5.02 Å². The van der Waals surface area contributed by atoms with Crippen molar-refractivity contribution in [1.29, 1.82) is 0 Å². The smallest absolute Gasteiger partial charge is 0.138 e. The Morgan fingerprint density at radius 1 is 1.47 bits per heavy atom. The van der Waals surface area contributed by atoms with Gasteiger partial charge in [0.2, 0.25) is 0 Å². The normalized spacial score (nSPS) is 12.9. The maximum Gasteiger partial charge on any atom is 0.138 e. The molecule has 0 radical (unpaired) electrons. The number of halogens is 2. The molecule has 1 aromatic carbocycles. The van der Waals surface area contributed by atoms with E-state index in [1.54, 1.807) is 0 Å². The van der Waals surface area contributed by atoms with Crippen molar-refractivity contribution in [3.63, 3.8) is 0 Å². The van der Waals surface area contributed by atoms with Crippen LogP contribution in [0.15, 0.2) is 18.2 Å². The molecule has 0 spiro atoms. The Bertz CT molecular complexity index is 330. The molecule has 0 aliphatic rings. The number of benzene rings is 1. The lowest BCUT2D eigenvalue weighted by atomic mass is 10.1. The highest BCUT2D eigenvalue weighted by Gasteiger charge is 2.14. The molecule has 15 heavy (non-hydrogen) atoms. The van der Waals surface area contributed by atoms with Crippen LogP contribution in [0.5, 0.6) is 5.75 Å². The molecule has 0 fully saturated rings. The average molecular weight is 232 g/mol. The van der Waals surface area contributed by atoms with Crippen LogP contribution in [0.25, 0.3) is 0 Å². The molecule has 0 aliphatic carbocycles. The van der Waals surface area contributed by atoms with E-state index in [1.165, 1.54) is 18.2 Å². The van der Waals surface area contributed by atoms with Crippen molar-refractivity contribution in [2.75, 3.05) is 6.54 Å². The van der Waals surface area contributed by atoms with Crippen LogP contribution in [0, 0.1) is 11.7 Å². The van der Waals surface area contributed by atoms with E-state index in [0.29, 0.717) is 12.3 Å². The molecule has 0 aliphatic heterocycles. The Balaban J connectivity index is 2.79. The SMILES string of the molecule is CC(C)C(CN)Oc1ccc(F)cc1Cl. The summed E-state index contributed by atoms with van der Waals surface area (Å²) in [7, 11) is 0. The van der Waals surface area contributed by atoms with Crippen LogP contribution < -0.4 is 10.5 Å². The van der Waals surface area contributed by atoms with Gasteiger partial charge < -0.3 is 10.5 Å². The highest BCUT2D eigenvalue weighted by molar-refractivity contribution is 6.32. The van der Waals surface area contributed by atoms with E-state index in [4.69, 9.17) is 22.1 Å². The number of nitrogens with two attached hydrogens (primary N) is 1. The summed E-state index contributed by atoms with van der Waals surface area (Å²) in [5.74, 6) is 0.388. The van der Waals surface area contributed by atoms with Gasteiger partial charge in [0.15, 0.2) is 0 Å². The number of rotatable bonds is 4. The molecular weight excluding hydrogens is 217 g/mol. The van der Waals surface area contributed by atoms with Gasteiger partial charge in [-0.15, -0.1) is 0 Å². The van der Waals surface area contributed by atoms with Crippen LogP contribution in [0.2, 0.25) is 5.02 Å². The molecule has 0 saturated carbocycles. The van der Waals surface area contributed by atoms with Gasteiger partial charge in [-0.05, 0) is 24.1 Å². The van der Waals surface area contributed by atoms with Crippen LogP contribution in [-0.4, -0.2) is 12.6 Å². The fraction of sp³-hybridized carbons (Fsp3) is 0.455. The van der Waals surface area contributed by atoms with Gasteiger partial charge >= 0.3 is 0 Å². The molecule has 4 heteroatoms. The molecule has 1 unspecified atom stereocenters. The Labute approximate surface area is 94.2 Å². The standard InChI is InChI=1S/C11H15ClFNO/c1-7(2)11(6-14)15-10-4-3-8(13)5-9(10)12/h3-5,7,11H,6,14H2,1-2H3. The van der Waals surface area contributed by atoms with Crippen molar-refractivity contribution in [3.8, 4) is 5.75 Å². The van der Waals surface area contributed by atoms with Crippen molar-refractivity contribution in [2.24, 2.45) is 11.7 Å². The summed E-state index contributed by atoms with van der Waals surface area (Å²) in [6.07, 6.45) is -0.104. The Morgan fingerprint density at radius 2 is 2.13 bits per heavy atom. The minimum absolute atomic E-state index is 0.104. The number of hydrogen-bond donors (Lipinski definition) is 1. The zero-order chi connectivity index (χ0) is 11.4. The van der Waals surface area contributed by atoms with Gasteiger partial charge in [-0.25, -0.2) is 4.39 Å². The van der Waals surface area contributed by atoms with E-state index in [0.717, 1.165) is 0 Å². The van der Waals surface area contributed by atoms with Gasteiger partial charge in [-0.3, -0.25) is 0 Å². The number of hydrogen-bond acceptors (Lipinski definition) is 2. The van der Waals surface area contributed by atoms with E-state index in [1.807, 2.05) is 13.8 Å². The molecular formula is C11H15ClFNO. The van der Waals surface area contributed by atoms with E-state index < -0.39 is 0 Å². The first kappa shape index (κ1) is 12.3. The molecule has 2 nitrogen and oxygen atoms in total. The summed E-state index contributed by atoms with van der Waals surface area (Å²) >= 11 is 5.83. The summed E-state index contributed by atoms with van der Waals surface area (Å²) < 4.78 is 18.3. The van der Waals surface area contributed by atoms with Gasteiger partial charge in [-0.2, -0.15) is 0 Å². The van der Waals surface area contributed by atoms with E-state index in [2.05, 4.69) is 0 Å². The topological polar surface area (TPSA) is 35.2 Å². The van der Waals surface area contributed by atoms with Crippen LogP contribution in [0.4, 0.5) is 4.39 Å². The highest BCUT2D eigenvalue weighted by atomic mass is 35.5. The van der Waals surface area contributed by atoms with E-state index >= 15 is 0 Å². The first-order chi connectivity index (χ1) is 7.04. The third-order valence-corrected chi connectivity index (χ3v) is 2.44. The second-order valence-corrected chi connectivity index (χ2v) is 4.12. The molecule has 2 N–H and O–H groups in total. The molecule has 0 bridgehead atoms. The molecule has 0 heterocycles. The summed E-state index contributed by atoms with van der Waals surface area (Å²) in [6, 6.07) is 4.06. The van der Waals surface area contributed by atoms with Crippen LogP contribution >= 0.6 is 11.6 Å². The molecule has 1 atom stereocenters. The lowest BCUT2D eigenvalue weighted by molar-refractivity contribution is 0.159. The molecule has 1 aromatic rings. The Kier molecular flexibility index (Phi) is 4.36. The van der Waals surface area contributed by atoms with Crippen LogP contribution in [-0.2, 0) is 0 Å². The Hall–Kier alpha value is -0.800. The molecule has 84 valence electrons. The summed E-state index contributed by atoms with van der Waals surface area (Å²) in [5.41, 5.74) is 5.56. The van der Waals surface area contributed by atoms with Crippen LogP contribution in [0.3, 0.4) is 0 Å². The number of ether oxygens (including phenoxy) is 1. The summed E-state index contributed by atoms with van der Waals surface area (Å²) in [6.45, 7) is 4.43. The predicted molar refractivity (Wildman–Crippen MR) is 59.7 cm³/mol. The highest BCUT2D eigenvalue weighted by Crippen LogP contribution is 2.26. The van der Waals surface area contributed by atoms with Crippen molar-refractivity contribution < 1.29 is 9.13 Å². The lowest BCUT2D eigenvalue weighted by Crippen LogP contribution is -2.31. The second kappa shape index (κ2) is 5.33. The van der Waals surface area contributed by atoms with Gasteiger partial charge in [0.25, 0.3) is 0 Å². The zero-order valence-electron chi connectivity index (χ0n) is 8.84. The second-order valence-electron chi connectivity index (χ2n) is 3.71. The van der Waals surface area contributed by atoms with Crippen molar-refractivity contribution in [1.82, 2.24) is 0 Å². The zero-order valence-corrected chi connectivity index (χ0v) is 9.59. The van der Waals surface area contributed by atoms with Crippen molar-refractivity contribution in [2.45, 2.75) is 20.0 Å². The van der Waals surface area contributed by atoms with Gasteiger partial charge in [0, 0.05) is 6.54 Å². The van der Waals surface area contributed by atoms with Crippen LogP contribution in [0.1, 0.15) is 13.8 Å². The van der Waals surface area contributed by atoms with E-state index in [-0.39, 0.29) is 22.9 Å². The first-order valence-corrected chi connectivity index (χ1v) is 5.24. The lowest BCUT2D eigenvalue weighted by Gasteiger charge is -2.21. The fourth-order valence-corrected chi connectivity index (χ4v) is 1.40.